The van der Waals surface area contributed by atoms with Crippen molar-refractivity contribution in [1.82, 2.24) is 29.2 Å². The molecule has 1 aromatic heterocycles. The molecule has 0 spiro atoms. The number of carbonyl (C=O) groups is 2. The topological polar surface area (TPSA) is 64.9 Å². The summed E-state index contributed by atoms with van der Waals surface area (Å²) in [6.45, 7) is 4.90. The van der Waals surface area contributed by atoms with E-state index in [1.165, 1.54) is 15.8 Å². The van der Waals surface area contributed by atoms with Crippen LogP contribution in [0.2, 0.25) is 0 Å². The Labute approximate surface area is 274 Å². The molecule has 14 heteroatoms. The molecule has 3 saturated heterocycles. The SMILES string of the molecule is O=C(c1cc(C(F)(F)F)cc(C(F)(F)F)c1)N1CCC(N2CCN(C3CCN(C(=O)n4ccnc4)CC3)CC2)CC1Cc1ccccc1. The molecule has 0 radical (unpaired) electrons. The first-order valence-electron chi connectivity index (χ1n) is 16.3. The highest BCUT2D eigenvalue weighted by molar-refractivity contribution is 5.95. The van der Waals surface area contributed by atoms with Crippen molar-refractivity contribution in [2.45, 2.75) is 62.6 Å². The Bertz CT molecular complexity index is 1520. The van der Waals surface area contributed by atoms with Gasteiger partial charge in [0.2, 0.25) is 0 Å². The number of halogens is 6. The highest BCUT2D eigenvalue weighted by Crippen LogP contribution is 2.37. The molecular formula is C34H38F6N6O2. The summed E-state index contributed by atoms with van der Waals surface area (Å²) in [4.78, 5) is 38.6. The average Bonchev–Trinajstić information content (AvgIpc) is 3.63. The Morgan fingerprint density at radius 3 is 1.90 bits per heavy atom. The lowest BCUT2D eigenvalue weighted by atomic mass is 9.90. The van der Waals surface area contributed by atoms with Gasteiger partial charge in [0.05, 0.1) is 11.1 Å². The fourth-order valence-electron chi connectivity index (χ4n) is 7.38. The number of amides is 2. The molecule has 6 rings (SSSR count). The van der Waals surface area contributed by atoms with Crippen LogP contribution in [0.3, 0.4) is 0 Å². The summed E-state index contributed by atoms with van der Waals surface area (Å²) < 4.78 is 83.0. The van der Waals surface area contributed by atoms with E-state index < -0.39 is 41.0 Å². The quantitative estimate of drug-likeness (QED) is 0.316. The van der Waals surface area contributed by atoms with Crippen LogP contribution >= 0.6 is 0 Å². The van der Waals surface area contributed by atoms with Crippen molar-refractivity contribution in [3.8, 4) is 0 Å². The van der Waals surface area contributed by atoms with Gasteiger partial charge in [-0.15, -0.1) is 0 Å². The van der Waals surface area contributed by atoms with E-state index in [1.54, 1.807) is 12.4 Å². The molecule has 2 amide bonds. The van der Waals surface area contributed by atoms with Crippen LogP contribution in [0.4, 0.5) is 31.1 Å². The largest absolute Gasteiger partial charge is 0.416 e. The minimum absolute atomic E-state index is 0.0501. The summed E-state index contributed by atoms with van der Waals surface area (Å²) in [7, 11) is 0. The predicted octanol–water partition coefficient (Wildman–Crippen LogP) is 5.89. The van der Waals surface area contributed by atoms with Crippen molar-refractivity contribution in [2.75, 3.05) is 45.8 Å². The molecule has 0 bridgehead atoms. The highest BCUT2D eigenvalue weighted by atomic mass is 19.4. The van der Waals surface area contributed by atoms with E-state index in [2.05, 4.69) is 14.8 Å². The molecule has 3 aliphatic rings. The van der Waals surface area contributed by atoms with Gasteiger partial charge in [0, 0.05) is 81.9 Å². The number of carbonyl (C=O) groups excluding carboxylic acids is 2. The first kappa shape index (κ1) is 34.0. The van der Waals surface area contributed by atoms with Gasteiger partial charge in [0.25, 0.3) is 5.91 Å². The normalized spacial score (nSPS) is 22.2. The number of aromatic nitrogens is 2. The standard InChI is InChI=1S/C34H38F6N6O2/c35-33(36,37)26-19-25(20-27(21-26)34(38,39)40)31(47)46-12-8-29(22-30(46)18-24-4-2-1-3-5-24)43-16-14-42(15-17-43)28-6-10-44(11-7-28)32(48)45-13-9-41-23-45/h1-5,9,13,19-21,23,28-30H,6-8,10-12,14-18,22H2. The number of nitrogens with zero attached hydrogens (tertiary/aromatic N) is 6. The second-order valence-electron chi connectivity index (χ2n) is 12.9. The van der Waals surface area contributed by atoms with Gasteiger partial charge in [-0.25, -0.2) is 9.78 Å². The molecule has 0 aliphatic carbocycles. The lowest BCUT2D eigenvalue weighted by Crippen LogP contribution is -2.58. The van der Waals surface area contributed by atoms with Crippen molar-refractivity contribution < 1.29 is 35.9 Å². The van der Waals surface area contributed by atoms with Crippen molar-refractivity contribution in [1.29, 1.82) is 0 Å². The number of alkyl halides is 6. The minimum Gasteiger partial charge on any atom is -0.335 e. The van der Waals surface area contributed by atoms with E-state index >= 15 is 0 Å². The summed E-state index contributed by atoms with van der Waals surface area (Å²) >= 11 is 0. The zero-order valence-corrected chi connectivity index (χ0v) is 26.3. The molecule has 258 valence electrons. The van der Waals surface area contributed by atoms with Crippen molar-refractivity contribution in [3.63, 3.8) is 0 Å². The van der Waals surface area contributed by atoms with Gasteiger partial charge in [-0.1, -0.05) is 30.3 Å². The van der Waals surface area contributed by atoms with Crippen LogP contribution in [0.25, 0.3) is 0 Å². The van der Waals surface area contributed by atoms with Crippen LogP contribution in [-0.2, 0) is 18.8 Å². The second-order valence-corrected chi connectivity index (χ2v) is 12.9. The maximum atomic E-state index is 13.7. The summed E-state index contributed by atoms with van der Waals surface area (Å²) in [6.07, 6.45) is -2.02. The minimum atomic E-state index is -5.04. The maximum absolute atomic E-state index is 13.7. The molecule has 0 N–H and O–H groups in total. The van der Waals surface area contributed by atoms with E-state index in [4.69, 9.17) is 0 Å². The fourth-order valence-corrected chi connectivity index (χ4v) is 7.38. The van der Waals surface area contributed by atoms with Gasteiger partial charge in [-0.2, -0.15) is 26.3 Å². The maximum Gasteiger partial charge on any atom is 0.416 e. The Balaban J connectivity index is 1.11. The lowest BCUT2D eigenvalue weighted by Gasteiger charge is -2.48. The van der Waals surface area contributed by atoms with E-state index in [9.17, 15) is 35.9 Å². The number of hydrogen-bond acceptors (Lipinski definition) is 5. The molecule has 2 aromatic carbocycles. The van der Waals surface area contributed by atoms with Gasteiger partial charge < -0.3 is 9.80 Å². The first-order valence-corrected chi connectivity index (χ1v) is 16.3. The van der Waals surface area contributed by atoms with E-state index in [1.807, 2.05) is 35.2 Å². The molecule has 0 saturated carbocycles. The molecule has 2 unspecified atom stereocenters. The molecule has 48 heavy (non-hydrogen) atoms. The predicted molar refractivity (Wildman–Crippen MR) is 165 cm³/mol. The molecule has 2 atom stereocenters. The van der Waals surface area contributed by atoms with Crippen LogP contribution in [0, 0.1) is 0 Å². The number of benzene rings is 2. The molecule has 4 heterocycles. The summed E-state index contributed by atoms with van der Waals surface area (Å²) in [6, 6.07) is 10.5. The van der Waals surface area contributed by atoms with Crippen molar-refractivity contribution in [2.24, 2.45) is 0 Å². The number of hydrogen-bond donors (Lipinski definition) is 0. The Morgan fingerprint density at radius 2 is 1.33 bits per heavy atom. The number of imidazole rings is 1. The molecule has 3 fully saturated rings. The van der Waals surface area contributed by atoms with Crippen LogP contribution in [0.5, 0.6) is 0 Å². The summed E-state index contributed by atoms with van der Waals surface area (Å²) in [5.41, 5.74) is -2.67. The van der Waals surface area contributed by atoms with Gasteiger partial charge in [0.1, 0.15) is 6.33 Å². The fraction of sp³-hybridized carbons (Fsp3) is 0.500. The van der Waals surface area contributed by atoms with E-state index in [0.29, 0.717) is 50.5 Å². The third kappa shape index (κ3) is 7.70. The molecule has 3 aliphatic heterocycles. The third-order valence-electron chi connectivity index (χ3n) is 9.94. The summed E-state index contributed by atoms with van der Waals surface area (Å²) in [5.74, 6) is -0.825. The lowest BCUT2D eigenvalue weighted by molar-refractivity contribution is -0.143. The van der Waals surface area contributed by atoms with E-state index in [-0.39, 0.29) is 24.7 Å². The number of piperazine rings is 1. The van der Waals surface area contributed by atoms with Crippen molar-refractivity contribution >= 4 is 11.9 Å². The smallest absolute Gasteiger partial charge is 0.335 e. The van der Waals surface area contributed by atoms with Crippen LogP contribution in [-0.4, -0.2) is 105 Å². The Kier molecular flexibility index (Phi) is 9.84. The van der Waals surface area contributed by atoms with Gasteiger partial charge >= 0.3 is 18.4 Å². The van der Waals surface area contributed by atoms with Gasteiger partial charge in [-0.3, -0.25) is 19.2 Å². The molecule has 3 aromatic rings. The molecular weight excluding hydrogens is 638 g/mol. The first-order chi connectivity index (χ1) is 22.9. The van der Waals surface area contributed by atoms with E-state index in [0.717, 1.165) is 44.6 Å². The molecule has 8 nitrogen and oxygen atoms in total. The monoisotopic (exact) mass is 676 g/mol. The van der Waals surface area contributed by atoms with Crippen molar-refractivity contribution in [3.05, 3.63) is 89.5 Å². The average molecular weight is 677 g/mol. The Morgan fingerprint density at radius 1 is 0.750 bits per heavy atom. The van der Waals surface area contributed by atoms with Crippen LogP contribution in [0.1, 0.15) is 52.7 Å². The van der Waals surface area contributed by atoms with Gasteiger partial charge in [0.15, 0.2) is 0 Å². The van der Waals surface area contributed by atoms with Crippen LogP contribution in [0.15, 0.2) is 67.3 Å². The number of rotatable bonds is 5. The highest BCUT2D eigenvalue weighted by Gasteiger charge is 2.40. The number of likely N-dealkylation sites (tertiary alicyclic amines) is 2. The zero-order valence-electron chi connectivity index (χ0n) is 26.3. The second kappa shape index (κ2) is 13.9. The summed E-state index contributed by atoms with van der Waals surface area (Å²) in [5, 5.41) is 0. The van der Waals surface area contributed by atoms with Gasteiger partial charge in [-0.05, 0) is 55.9 Å². The Hall–Kier alpha value is -3.91. The number of piperidine rings is 2. The zero-order chi connectivity index (χ0) is 34.1. The van der Waals surface area contributed by atoms with Crippen LogP contribution < -0.4 is 0 Å². The third-order valence-corrected chi connectivity index (χ3v) is 9.94.